The van der Waals surface area contributed by atoms with Crippen molar-refractivity contribution in [3.63, 3.8) is 0 Å². The van der Waals surface area contributed by atoms with Gasteiger partial charge < -0.3 is 15.0 Å². The minimum Gasteiger partial charge on any atom is -0.496 e. The molecule has 0 radical (unpaired) electrons. The Kier molecular flexibility index (Phi) is 6.16. The first-order chi connectivity index (χ1) is 14.2. The molecule has 6 heteroatoms. The molecule has 2 fully saturated rings. The van der Waals surface area contributed by atoms with Crippen molar-refractivity contribution < 1.29 is 9.53 Å². The Labute approximate surface area is 173 Å². The summed E-state index contributed by atoms with van der Waals surface area (Å²) in [5, 5.41) is 4.37. The van der Waals surface area contributed by atoms with Gasteiger partial charge in [0.2, 0.25) is 0 Å². The van der Waals surface area contributed by atoms with Crippen molar-refractivity contribution >= 4 is 16.9 Å². The van der Waals surface area contributed by atoms with Gasteiger partial charge in [0.1, 0.15) is 12.1 Å². The van der Waals surface area contributed by atoms with Gasteiger partial charge in [0, 0.05) is 36.5 Å². The first kappa shape index (κ1) is 19.9. The molecule has 1 saturated heterocycles. The van der Waals surface area contributed by atoms with Crippen LogP contribution in [-0.2, 0) is 6.42 Å². The normalized spacial score (nSPS) is 18.8. The lowest BCUT2D eigenvalue weighted by Gasteiger charge is -2.34. The Morgan fingerprint density at radius 1 is 1.14 bits per heavy atom. The number of carbonyl (C=O) groups is 1. The van der Waals surface area contributed by atoms with Crippen molar-refractivity contribution in [2.75, 3.05) is 20.2 Å². The molecule has 1 saturated carbocycles. The number of nitrogens with one attached hydrogen (secondary N) is 1. The third-order valence-corrected chi connectivity index (χ3v) is 6.55. The zero-order valence-corrected chi connectivity index (χ0v) is 17.6. The van der Waals surface area contributed by atoms with Gasteiger partial charge in [0.15, 0.2) is 0 Å². The van der Waals surface area contributed by atoms with Crippen molar-refractivity contribution in [2.45, 2.75) is 70.3 Å². The molecule has 2 amide bonds. The molecule has 29 heavy (non-hydrogen) atoms. The summed E-state index contributed by atoms with van der Waals surface area (Å²) in [6.07, 6.45) is 10.5. The van der Waals surface area contributed by atoms with E-state index in [1.54, 1.807) is 13.4 Å². The number of methoxy groups -OCH3 is 1. The van der Waals surface area contributed by atoms with E-state index >= 15 is 0 Å². The second-order valence-corrected chi connectivity index (χ2v) is 8.34. The summed E-state index contributed by atoms with van der Waals surface area (Å²) in [7, 11) is 1.70. The minimum atomic E-state index is 0.112. The second kappa shape index (κ2) is 8.97. The van der Waals surface area contributed by atoms with Gasteiger partial charge in [-0.25, -0.2) is 14.8 Å². The van der Waals surface area contributed by atoms with Crippen LogP contribution in [-0.4, -0.2) is 47.1 Å². The van der Waals surface area contributed by atoms with Gasteiger partial charge in [-0.15, -0.1) is 0 Å². The van der Waals surface area contributed by atoms with E-state index < -0.39 is 0 Å². The smallest absolute Gasteiger partial charge is 0.317 e. The van der Waals surface area contributed by atoms with Gasteiger partial charge in [-0.3, -0.25) is 0 Å². The van der Waals surface area contributed by atoms with E-state index in [9.17, 15) is 4.79 Å². The van der Waals surface area contributed by atoms with E-state index in [-0.39, 0.29) is 6.03 Å². The van der Waals surface area contributed by atoms with Crippen LogP contribution in [0, 0.1) is 0 Å². The van der Waals surface area contributed by atoms with E-state index in [2.05, 4.69) is 28.3 Å². The van der Waals surface area contributed by atoms with Crippen LogP contribution in [0.1, 0.15) is 69.0 Å². The number of urea groups is 1. The molecule has 1 aromatic carbocycles. The molecule has 1 aliphatic carbocycles. The number of aryl methyl sites for hydroxylation is 1. The number of nitrogens with zero attached hydrogens (tertiary/aromatic N) is 3. The van der Waals surface area contributed by atoms with Gasteiger partial charge in [-0.1, -0.05) is 26.2 Å². The van der Waals surface area contributed by atoms with Crippen LogP contribution in [0.15, 0.2) is 18.5 Å². The zero-order chi connectivity index (χ0) is 20.2. The summed E-state index contributed by atoms with van der Waals surface area (Å²) in [6.45, 7) is 3.70. The van der Waals surface area contributed by atoms with E-state index in [1.165, 1.54) is 24.8 Å². The molecule has 2 aromatic rings. The van der Waals surface area contributed by atoms with Gasteiger partial charge >= 0.3 is 6.03 Å². The largest absolute Gasteiger partial charge is 0.496 e. The average Bonchev–Trinajstić information content (AvgIpc) is 2.78. The molecule has 1 aromatic heterocycles. The molecular formula is C23H32N4O2. The lowest BCUT2D eigenvalue weighted by atomic mass is 9.90. The van der Waals surface area contributed by atoms with Crippen molar-refractivity contribution in [2.24, 2.45) is 0 Å². The summed E-state index contributed by atoms with van der Waals surface area (Å²) >= 11 is 0. The van der Waals surface area contributed by atoms with Crippen LogP contribution >= 0.6 is 0 Å². The summed E-state index contributed by atoms with van der Waals surface area (Å²) in [5.74, 6) is 1.25. The number of ether oxygens (including phenoxy) is 1. The predicted molar refractivity (Wildman–Crippen MR) is 114 cm³/mol. The zero-order valence-electron chi connectivity index (χ0n) is 17.6. The molecule has 156 valence electrons. The van der Waals surface area contributed by atoms with Crippen molar-refractivity contribution in [1.82, 2.24) is 20.2 Å². The highest BCUT2D eigenvalue weighted by molar-refractivity contribution is 5.84. The summed E-state index contributed by atoms with van der Waals surface area (Å²) in [5.41, 5.74) is 3.22. The highest BCUT2D eigenvalue weighted by atomic mass is 16.5. The molecule has 2 aliphatic rings. The van der Waals surface area contributed by atoms with Gasteiger partial charge in [-0.05, 0) is 43.7 Å². The van der Waals surface area contributed by atoms with Crippen molar-refractivity contribution in [3.8, 4) is 5.75 Å². The number of aromatic nitrogens is 2. The fourth-order valence-corrected chi connectivity index (χ4v) is 4.81. The SMILES string of the molecule is CCc1cc2c(C3CCN(C(=O)NC4CCCCC4)CC3)ncnc2cc1OC. The number of fused-ring (bicyclic) bond motifs is 1. The number of hydrogen-bond acceptors (Lipinski definition) is 4. The molecule has 0 bridgehead atoms. The van der Waals surface area contributed by atoms with Crippen LogP contribution < -0.4 is 10.1 Å². The molecule has 2 heterocycles. The second-order valence-electron chi connectivity index (χ2n) is 8.34. The van der Waals surface area contributed by atoms with Crippen molar-refractivity contribution in [3.05, 3.63) is 29.7 Å². The van der Waals surface area contributed by atoms with Crippen LogP contribution in [0.2, 0.25) is 0 Å². The topological polar surface area (TPSA) is 67.4 Å². The molecule has 0 unspecified atom stereocenters. The maximum Gasteiger partial charge on any atom is 0.317 e. The Morgan fingerprint density at radius 3 is 2.59 bits per heavy atom. The average molecular weight is 397 g/mol. The predicted octanol–water partition coefficient (Wildman–Crippen LogP) is 4.42. The number of amides is 2. The molecule has 1 aliphatic heterocycles. The molecule has 4 rings (SSSR count). The number of rotatable bonds is 4. The maximum absolute atomic E-state index is 12.7. The first-order valence-corrected chi connectivity index (χ1v) is 11.1. The van der Waals surface area contributed by atoms with Crippen LogP contribution in [0.25, 0.3) is 10.9 Å². The number of piperidine rings is 1. The Bertz CT molecular complexity index is 855. The van der Waals surface area contributed by atoms with Crippen LogP contribution in [0.5, 0.6) is 5.75 Å². The number of benzene rings is 1. The number of likely N-dealkylation sites (tertiary alicyclic amines) is 1. The molecule has 1 N–H and O–H groups in total. The maximum atomic E-state index is 12.7. The lowest BCUT2D eigenvalue weighted by Crippen LogP contribution is -2.48. The Hall–Kier alpha value is -2.37. The standard InChI is InChI=1S/C23H32N4O2/c1-3-16-13-19-20(14-21(16)29-2)24-15-25-22(19)17-9-11-27(12-10-17)23(28)26-18-7-5-4-6-8-18/h13-15,17-18H,3-12H2,1-2H3,(H,26,28). The number of carbonyl (C=O) groups excluding carboxylic acids is 1. The minimum absolute atomic E-state index is 0.112. The fourth-order valence-electron chi connectivity index (χ4n) is 4.81. The molecule has 0 atom stereocenters. The third kappa shape index (κ3) is 4.31. The molecule has 6 nitrogen and oxygen atoms in total. The van der Waals surface area contributed by atoms with Gasteiger partial charge in [0.25, 0.3) is 0 Å². The number of hydrogen-bond donors (Lipinski definition) is 1. The Morgan fingerprint density at radius 2 is 1.90 bits per heavy atom. The fraction of sp³-hybridized carbons (Fsp3) is 0.609. The van der Waals surface area contributed by atoms with E-state index in [1.807, 2.05) is 11.0 Å². The summed E-state index contributed by atoms with van der Waals surface area (Å²) < 4.78 is 5.52. The molecule has 0 spiro atoms. The van der Waals surface area contributed by atoms with Gasteiger partial charge in [0.05, 0.1) is 18.3 Å². The van der Waals surface area contributed by atoms with E-state index in [0.29, 0.717) is 12.0 Å². The first-order valence-electron chi connectivity index (χ1n) is 11.1. The van der Waals surface area contributed by atoms with Crippen LogP contribution in [0.3, 0.4) is 0 Å². The highest BCUT2D eigenvalue weighted by Gasteiger charge is 2.27. The Balaban J connectivity index is 1.45. The third-order valence-electron chi connectivity index (χ3n) is 6.55. The monoisotopic (exact) mass is 396 g/mol. The quantitative estimate of drug-likeness (QED) is 0.831. The molecular weight excluding hydrogens is 364 g/mol. The summed E-state index contributed by atoms with van der Waals surface area (Å²) in [6, 6.07) is 4.68. The van der Waals surface area contributed by atoms with Crippen LogP contribution in [0.4, 0.5) is 4.79 Å². The van der Waals surface area contributed by atoms with E-state index in [0.717, 1.165) is 67.5 Å². The lowest BCUT2D eigenvalue weighted by molar-refractivity contribution is 0.174. The van der Waals surface area contributed by atoms with Crippen molar-refractivity contribution in [1.29, 1.82) is 0 Å². The van der Waals surface area contributed by atoms with E-state index in [4.69, 9.17) is 4.74 Å². The highest BCUT2D eigenvalue weighted by Crippen LogP contribution is 2.34. The van der Waals surface area contributed by atoms with Gasteiger partial charge in [-0.2, -0.15) is 0 Å². The summed E-state index contributed by atoms with van der Waals surface area (Å²) in [4.78, 5) is 23.7.